The Morgan fingerprint density at radius 1 is 1.26 bits per heavy atom. The van der Waals surface area contributed by atoms with Crippen LogP contribution < -0.4 is 0 Å². The van der Waals surface area contributed by atoms with Gasteiger partial charge in [0.2, 0.25) is 0 Å². The van der Waals surface area contributed by atoms with E-state index < -0.39 is 0 Å². The van der Waals surface area contributed by atoms with Gasteiger partial charge in [-0.15, -0.1) is 0 Å². The van der Waals surface area contributed by atoms with Crippen LogP contribution in [-0.2, 0) is 6.54 Å². The molecule has 0 saturated carbocycles. The van der Waals surface area contributed by atoms with Gasteiger partial charge < -0.3 is 5.11 Å². The number of nitrogens with zero attached hydrogens (tertiary/aromatic N) is 3. The van der Waals surface area contributed by atoms with Crippen molar-refractivity contribution in [3.8, 4) is 0 Å². The second-order valence-electron chi connectivity index (χ2n) is 5.71. The minimum atomic E-state index is 0.326. The predicted octanol–water partition coefficient (Wildman–Crippen LogP) is 2.21. The molecule has 0 amide bonds. The molecule has 2 heterocycles. The highest BCUT2D eigenvalue weighted by Crippen LogP contribution is 2.17. The number of likely N-dealkylation sites (tertiary alicyclic amines) is 1. The number of hydrogen-bond donors (Lipinski definition) is 1. The molecule has 0 radical (unpaired) electrons. The van der Waals surface area contributed by atoms with Crippen LogP contribution in [-0.4, -0.2) is 45.5 Å². The Hall–Kier alpha value is -0.870. The third kappa shape index (κ3) is 4.62. The molecule has 1 N–H and O–H groups in total. The van der Waals surface area contributed by atoms with Crippen LogP contribution in [0.5, 0.6) is 0 Å². The zero-order valence-corrected chi connectivity index (χ0v) is 12.1. The van der Waals surface area contributed by atoms with E-state index in [1.165, 1.54) is 50.6 Å². The maximum Gasteiger partial charge on any atom is 0.0586 e. The number of aromatic nitrogens is 2. The van der Waals surface area contributed by atoms with E-state index in [9.17, 15) is 5.11 Å². The zero-order valence-electron chi connectivity index (χ0n) is 12.1. The lowest BCUT2D eigenvalue weighted by molar-refractivity contribution is 0.0885. The number of hydrogen-bond acceptors (Lipinski definition) is 3. The molecule has 108 valence electrons. The third-order valence-corrected chi connectivity index (χ3v) is 4.05. The Labute approximate surface area is 116 Å². The standard InChI is InChI=1S/C15H27N3O/c1-14-11-16-18(12-14)10-5-2-4-8-17-9-6-3-7-15(17)13-19/h11-12,15,19H,2-10,13H2,1H3. The van der Waals surface area contributed by atoms with Crippen molar-refractivity contribution in [2.45, 2.75) is 58.0 Å². The van der Waals surface area contributed by atoms with Gasteiger partial charge in [0.05, 0.1) is 12.8 Å². The molecule has 1 aromatic heterocycles. The SMILES string of the molecule is Cc1cnn(CCCCCN2CCCCC2CO)c1. The van der Waals surface area contributed by atoms with Crippen LogP contribution in [0.1, 0.15) is 44.1 Å². The number of rotatable bonds is 7. The summed E-state index contributed by atoms with van der Waals surface area (Å²) in [4.78, 5) is 2.47. The molecule has 0 bridgehead atoms. The molecule has 1 aliphatic heterocycles. The van der Waals surface area contributed by atoms with Crippen LogP contribution in [0.4, 0.5) is 0 Å². The summed E-state index contributed by atoms with van der Waals surface area (Å²) in [6.45, 7) is 5.74. The van der Waals surface area contributed by atoms with Crippen molar-refractivity contribution in [1.82, 2.24) is 14.7 Å². The first kappa shape index (κ1) is 14.5. The first-order valence-electron chi connectivity index (χ1n) is 7.63. The first-order valence-corrected chi connectivity index (χ1v) is 7.63. The molecule has 19 heavy (non-hydrogen) atoms. The summed E-state index contributed by atoms with van der Waals surface area (Å²) in [6.07, 6.45) is 11.4. The second-order valence-corrected chi connectivity index (χ2v) is 5.71. The molecule has 4 heteroatoms. The van der Waals surface area contributed by atoms with Crippen LogP contribution in [0.3, 0.4) is 0 Å². The molecule has 0 aliphatic carbocycles. The highest BCUT2D eigenvalue weighted by atomic mass is 16.3. The van der Waals surface area contributed by atoms with Gasteiger partial charge in [-0.25, -0.2) is 0 Å². The van der Waals surface area contributed by atoms with E-state index >= 15 is 0 Å². The molecule has 1 unspecified atom stereocenters. The van der Waals surface area contributed by atoms with Crippen molar-refractivity contribution in [1.29, 1.82) is 0 Å². The van der Waals surface area contributed by atoms with Crippen LogP contribution in [0.2, 0.25) is 0 Å². The van der Waals surface area contributed by atoms with Crippen molar-refractivity contribution >= 4 is 0 Å². The fraction of sp³-hybridized carbons (Fsp3) is 0.800. The number of aliphatic hydroxyl groups excluding tert-OH is 1. The largest absolute Gasteiger partial charge is 0.395 e. The van der Waals surface area contributed by atoms with E-state index in [-0.39, 0.29) is 0 Å². The summed E-state index contributed by atoms with van der Waals surface area (Å²) < 4.78 is 2.03. The van der Waals surface area contributed by atoms with Gasteiger partial charge in [0.25, 0.3) is 0 Å². The number of aliphatic hydroxyl groups is 1. The average Bonchev–Trinajstić information content (AvgIpc) is 2.84. The second kappa shape index (κ2) is 7.65. The fourth-order valence-corrected chi connectivity index (χ4v) is 2.92. The molecule has 1 atom stereocenters. The van der Waals surface area contributed by atoms with E-state index in [1.807, 2.05) is 10.9 Å². The highest BCUT2D eigenvalue weighted by molar-refractivity contribution is 4.99. The summed E-state index contributed by atoms with van der Waals surface area (Å²) in [5.41, 5.74) is 1.24. The van der Waals surface area contributed by atoms with Crippen LogP contribution >= 0.6 is 0 Å². The molecule has 0 aromatic carbocycles. The monoisotopic (exact) mass is 265 g/mol. The van der Waals surface area contributed by atoms with Crippen molar-refractivity contribution in [3.05, 3.63) is 18.0 Å². The summed E-state index contributed by atoms with van der Waals surface area (Å²) in [6, 6.07) is 0.419. The van der Waals surface area contributed by atoms with E-state index in [2.05, 4.69) is 23.1 Å². The van der Waals surface area contributed by atoms with E-state index in [1.54, 1.807) is 0 Å². The summed E-state index contributed by atoms with van der Waals surface area (Å²) in [5, 5.41) is 13.7. The lowest BCUT2D eigenvalue weighted by Gasteiger charge is -2.34. The molecule has 1 aromatic rings. The van der Waals surface area contributed by atoms with Gasteiger partial charge in [-0.3, -0.25) is 9.58 Å². The van der Waals surface area contributed by atoms with E-state index in [0.717, 1.165) is 13.1 Å². The lowest BCUT2D eigenvalue weighted by atomic mass is 10.0. The Morgan fingerprint density at radius 2 is 2.11 bits per heavy atom. The molecule has 0 spiro atoms. The Kier molecular flexibility index (Phi) is 5.86. The van der Waals surface area contributed by atoms with E-state index in [0.29, 0.717) is 12.6 Å². The predicted molar refractivity (Wildman–Crippen MR) is 77.1 cm³/mol. The maximum absolute atomic E-state index is 9.36. The fourth-order valence-electron chi connectivity index (χ4n) is 2.92. The van der Waals surface area contributed by atoms with Gasteiger partial charge in [-0.05, 0) is 51.3 Å². The van der Waals surface area contributed by atoms with Crippen LogP contribution in [0, 0.1) is 6.92 Å². The Balaban J connectivity index is 1.58. The summed E-state index contributed by atoms with van der Waals surface area (Å²) in [7, 11) is 0. The Morgan fingerprint density at radius 3 is 2.84 bits per heavy atom. The van der Waals surface area contributed by atoms with Gasteiger partial charge >= 0.3 is 0 Å². The third-order valence-electron chi connectivity index (χ3n) is 4.05. The average molecular weight is 265 g/mol. The number of piperidine rings is 1. The molecule has 1 aliphatic rings. The van der Waals surface area contributed by atoms with Gasteiger partial charge in [-0.2, -0.15) is 5.10 Å². The molecule has 2 rings (SSSR count). The Bertz CT molecular complexity index is 364. The highest BCUT2D eigenvalue weighted by Gasteiger charge is 2.20. The molecule has 1 fully saturated rings. The minimum Gasteiger partial charge on any atom is -0.395 e. The smallest absolute Gasteiger partial charge is 0.0586 e. The lowest BCUT2D eigenvalue weighted by Crippen LogP contribution is -2.42. The van der Waals surface area contributed by atoms with Gasteiger partial charge in [-0.1, -0.05) is 12.8 Å². The first-order chi connectivity index (χ1) is 9.29. The van der Waals surface area contributed by atoms with Crippen LogP contribution in [0.25, 0.3) is 0 Å². The van der Waals surface area contributed by atoms with Gasteiger partial charge in [0.15, 0.2) is 0 Å². The van der Waals surface area contributed by atoms with E-state index in [4.69, 9.17) is 0 Å². The molecular formula is C15H27N3O. The number of unbranched alkanes of at least 4 members (excludes halogenated alkanes) is 2. The maximum atomic E-state index is 9.36. The van der Waals surface area contributed by atoms with Crippen molar-refractivity contribution < 1.29 is 5.11 Å². The topological polar surface area (TPSA) is 41.3 Å². The van der Waals surface area contributed by atoms with Crippen LogP contribution in [0.15, 0.2) is 12.4 Å². The minimum absolute atomic E-state index is 0.326. The van der Waals surface area contributed by atoms with Gasteiger partial charge in [0.1, 0.15) is 0 Å². The summed E-state index contributed by atoms with van der Waals surface area (Å²) >= 11 is 0. The van der Waals surface area contributed by atoms with Crippen molar-refractivity contribution in [2.24, 2.45) is 0 Å². The van der Waals surface area contributed by atoms with Crippen molar-refractivity contribution in [2.75, 3.05) is 19.7 Å². The normalized spacial score (nSPS) is 20.8. The quantitative estimate of drug-likeness (QED) is 0.769. The zero-order chi connectivity index (χ0) is 13.5. The molecular weight excluding hydrogens is 238 g/mol. The van der Waals surface area contributed by atoms with Crippen molar-refractivity contribution in [3.63, 3.8) is 0 Å². The van der Waals surface area contributed by atoms with Gasteiger partial charge in [0, 0.05) is 18.8 Å². The molecule has 4 nitrogen and oxygen atoms in total. The summed E-state index contributed by atoms with van der Waals surface area (Å²) in [5.74, 6) is 0. The number of aryl methyl sites for hydroxylation is 2. The molecule has 1 saturated heterocycles.